The van der Waals surface area contributed by atoms with E-state index in [0.29, 0.717) is 16.1 Å². The summed E-state index contributed by atoms with van der Waals surface area (Å²) in [6.45, 7) is 2.71. The topological polar surface area (TPSA) is 34.9 Å². The largest absolute Gasteiger partial charge is 0.288 e. The third-order valence-electron chi connectivity index (χ3n) is 2.34. The van der Waals surface area contributed by atoms with Crippen molar-refractivity contribution < 1.29 is 4.79 Å². The zero-order valence-corrected chi connectivity index (χ0v) is 11.5. The van der Waals surface area contributed by atoms with Crippen molar-refractivity contribution in [1.82, 2.24) is 9.78 Å². The fourth-order valence-corrected chi connectivity index (χ4v) is 2.37. The molecule has 1 aromatic heterocycles. The predicted octanol–water partition coefficient (Wildman–Crippen LogP) is 3.55. The van der Waals surface area contributed by atoms with Gasteiger partial charge >= 0.3 is 0 Å². The molecule has 5 heteroatoms. The minimum atomic E-state index is -0.0760. The van der Waals surface area contributed by atoms with Crippen LogP contribution in [-0.2, 0) is 6.54 Å². The second-order valence-electron chi connectivity index (χ2n) is 3.57. The van der Waals surface area contributed by atoms with Gasteiger partial charge in [0.05, 0.1) is 11.8 Å². The highest BCUT2D eigenvalue weighted by Gasteiger charge is 2.12. The predicted molar refractivity (Wildman–Crippen MR) is 70.5 cm³/mol. The number of benzene rings is 1. The summed E-state index contributed by atoms with van der Waals surface area (Å²) in [6, 6.07) is 5.14. The van der Waals surface area contributed by atoms with Crippen LogP contribution < -0.4 is 0 Å². The monoisotopic (exact) mass is 312 g/mol. The second-order valence-corrected chi connectivity index (χ2v) is 4.92. The summed E-state index contributed by atoms with van der Waals surface area (Å²) in [6.07, 6.45) is 3.30. The summed E-state index contributed by atoms with van der Waals surface area (Å²) in [5, 5.41) is 4.61. The smallest absolute Gasteiger partial charge is 0.196 e. The van der Waals surface area contributed by atoms with E-state index in [0.717, 1.165) is 11.0 Å². The van der Waals surface area contributed by atoms with Crippen LogP contribution in [0.2, 0.25) is 5.02 Å². The van der Waals surface area contributed by atoms with E-state index in [1.54, 1.807) is 35.3 Å². The van der Waals surface area contributed by atoms with Crippen LogP contribution in [0.15, 0.2) is 35.1 Å². The number of halogens is 2. The van der Waals surface area contributed by atoms with Gasteiger partial charge in [-0.1, -0.05) is 27.5 Å². The lowest BCUT2D eigenvalue weighted by molar-refractivity contribution is 0.103. The Labute approximate surface area is 113 Å². The molecule has 0 saturated heterocycles. The lowest BCUT2D eigenvalue weighted by Crippen LogP contribution is -2.00. The summed E-state index contributed by atoms with van der Waals surface area (Å²) >= 11 is 9.23. The first kappa shape index (κ1) is 12.3. The highest BCUT2D eigenvalue weighted by atomic mass is 79.9. The van der Waals surface area contributed by atoms with Gasteiger partial charge in [-0.2, -0.15) is 5.10 Å². The van der Waals surface area contributed by atoms with Crippen LogP contribution in [0.1, 0.15) is 22.8 Å². The SMILES string of the molecule is CCn1cc(C(=O)c2cc(Cl)cc(Br)c2)cn1. The van der Waals surface area contributed by atoms with Crippen LogP contribution in [0.25, 0.3) is 0 Å². The van der Waals surface area contributed by atoms with Gasteiger partial charge in [0, 0.05) is 27.8 Å². The van der Waals surface area contributed by atoms with Crippen molar-refractivity contribution in [2.75, 3.05) is 0 Å². The molecule has 2 aromatic rings. The number of hydrogen-bond donors (Lipinski definition) is 0. The number of ketones is 1. The first-order valence-corrected chi connectivity index (χ1v) is 6.30. The normalized spacial score (nSPS) is 10.5. The molecule has 88 valence electrons. The molecule has 0 amide bonds. The van der Waals surface area contributed by atoms with Crippen molar-refractivity contribution in [3.05, 3.63) is 51.2 Å². The van der Waals surface area contributed by atoms with Gasteiger partial charge in [-0.3, -0.25) is 9.48 Å². The molecule has 1 heterocycles. The standard InChI is InChI=1S/C12H10BrClN2O/c1-2-16-7-9(6-15-16)12(17)8-3-10(13)5-11(14)4-8/h3-7H,2H2,1H3. The van der Waals surface area contributed by atoms with Gasteiger partial charge in [0.2, 0.25) is 0 Å². The van der Waals surface area contributed by atoms with E-state index in [2.05, 4.69) is 21.0 Å². The fraction of sp³-hybridized carbons (Fsp3) is 0.167. The molecule has 2 rings (SSSR count). The molecule has 3 nitrogen and oxygen atoms in total. The van der Waals surface area contributed by atoms with Crippen molar-refractivity contribution in [3.8, 4) is 0 Å². The van der Waals surface area contributed by atoms with Crippen LogP contribution in [0.5, 0.6) is 0 Å². The van der Waals surface area contributed by atoms with E-state index >= 15 is 0 Å². The molecule has 1 aromatic carbocycles. The number of carbonyl (C=O) groups is 1. The second kappa shape index (κ2) is 5.02. The van der Waals surface area contributed by atoms with Crippen molar-refractivity contribution in [2.24, 2.45) is 0 Å². The van der Waals surface area contributed by atoms with E-state index in [4.69, 9.17) is 11.6 Å². The van der Waals surface area contributed by atoms with Gasteiger partial charge in [-0.25, -0.2) is 0 Å². The van der Waals surface area contributed by atoms with Gasteiger partial charge in [-0.05, 0) is 25.1 Å². The van der Waals surface area contributed by atoms with Crippen LogP contribution in [0.4, 0.5) is 0 Å². The Hall–Kier alpha value is -1.13. The number of aromatic nitrogens is 2. The maximum Gasteiger partial charge on any atom is 0.196 e. The molecular formula is C12H10BrClN2O. The molecule has 0 fully saturated rings. The number of rotatable bonds is 3. The average molecular weight is 314 g/mol. The third kappa shape index (κ3) is 2.76. The Balaban J connectivity index is 2.36. The molecule has 0 aliphatic heterocycles. The summed E-state index contributed by atoms with van der Waals surface area (Å²) < 4.78 is 2.50. The van der Waals surface area contributed by atoms with Crippen molar-refractivity contribution in [3.63, 3.8) is 0 Å². The summed E-state index contributed by atoms with van der Waals surface area (Å²) in [4.78, 5) is 12.1. The maximum absolute atomic E-state index is 12.1. The molecule has 0 N–H and O–H groups in total. The third-order valence-corrected chi connectivity index (χ3v) is 3.02. The fourth-order valence-electron chi connectivity index (χ4n) is 1.51. The highest BCUT2D eigenvalue weighted by Crippen LogP contribution is 2.21. The summed E-state index contributed by atoms with van der Waals surface area (Å²) in [7, 11) is 0. The molecule has 0 unspecified atom stereocenters. The molecule has 0 aliphatic carbocycles. The number of hydrogen-bond acceptors (Lipinski definition) is 2. The lowest BCUT2D eigenvalue weighted by Gasteiger charge is -2.00. The average Bonchev–Trinajstić information content (AvgIpc) is 2.75. The van der Waals surface area contributed by atoms with Gasteiger partial charge < -0.3 is 0 Å². The maximum atomic E-state index is 12.1. The number of carbonyl (C=O) groups excluding carboxylic acids is 1. The minimum absolute atomic E-state index is 0.0760. The van der Waals surface area contributed by atoms with Crippen LogP contribution in [0.3, 0.4) is 0 Å². The zero-order valence-electron chi connectivity index (χ0n) is 9.15. The molecule has 0 saturated carbocycles. The van der Waals surface area contributed by atoms with Crippen molar-refractivity contribution in [1.29, 1.82) is 0 Å². The summed E-state index contributed by atoms with van der Waals surface area (Å²) in [5.74, 6) is -0.0760. The van der Waals surface area contributed by atoms with E-state index < -0.39 is 0 Å². The van der Waals surface area contributed by atoms with E-state index in [1.807, 2.05) is 6.92 Å². The van der Waals surface area contributed by atoms with Gasteiger partial charge in [0.25, 0.3) is 0 Å². The Bertz CT molecular complexity index is 545. The Morgan fingerprint density at radius 2 is 2.18 bits per heavy atom. The van der Waals surface area contributed by atoms with E-state index in [1.165, 1.54) is 0 Å². The van der Waals surface area contributed by atoms with E-state index in [-0.39, 0.29) is 5.78 Å². The zero-order chi connectivity index (χ0) is 12.4. The molecule has 0 spiro atoms. The van der Waals surface area contributed by atoms with Gasteiger partial charge in [0.15, 0.2) is 5.78 Å². The number of nitrogens with zero attached hydrogens (tertiary/aromatic N) is 2. The Morgan fingerprint density at radius 3 is 2.76 bits per heavy atom. The van der Waals surface area contributed by atoms with E-state index in [9.17, 15) is 4.79 Å². The molecule has 0 radical (unpaired) electrons. The van der Waals surface area contributed by atoms with Gasteiger partial charge in [0.1, 0.15) is 0 Å². The molecule has 0 atom stereocenters. The van der Waals surface area contributed by atoms with Gasteiger partial charge in [-0.15, -0.1) is 0 Å². The minimum Gasteiger partial charge on any atom is -0.288 e. The molecular weight excluding hydrogens is 304 g/mol. The van der Waals surface area contributed by atoms with Crippen LogP contribution in [-0.4, -0.2) is 15.6 Å². The first-order valence-electron chi connectivity index (χ1n) is 5.13. The number of aryl methyl sites for hydroxylation is 1. The van der Waals surface area contributed by atoms with Crippen molar-refractivity contribution in [2.45, 2.75) is 13.5 Å². The quantitative estimate of drug-likeness (QED) is 0.812. The summed E-state index contributed by atoms with van der Waals surface area (Å²) in [5.41, 5.74) is 1.13. The first-order chi connectivity index (χ1) is 8.10. The van der Waals surface area contributed by atoms with Crippen molar-refractivity contribution >= 4 is 33.3 Å². The Morgan fingerprint density at radius 1 is 1.41 bits per heavy atom. The highest BCUT2D eigenvalue weighted by molar-refractivity contribution is 9.10. The Kier molecular flexibility index (Phi) is 3.64. The lowest BCUT2D eigenvalue weighted by atomic mass is 10.1. The van der Waals surface area contributed by atoms with Crippen LogP contribution in [0, 0.1) is 0 Å². The molecule has 17 heavy (non-hydrogen) atoms. The molecule has 0 aliphatic rings. The molecule has 0 bridgehead atoms. The van der Waals surface area contributed by atoms with Crippen LogP contribution >= 0.6 is 27.5 Å².